The minimum atomic E-state index is 0.336. The summed E-state index contributed by atoms with van der Waals surface area (Å²) in [6, 6.07) is 2.19. The van der Waals surface area contributed by atoms with Crippen molar-refractivity contribution in [1.82, 2.24) is 9.88 Å². The number of piperidine rings is 1. The van der Waals surface area contributed by atoms with Gasteiger partial charge >= 0.3 is 0 Å². The van der Waals surface area contributed by atoms with Crippen molar-refractivity contribution < 1.29 is 0 Å². The third-order valence-electron chi connectivity index (χ3n) is 3.36. The molecule has 1 aromatic heterocycles. The highest BCUT2D eigenvalue weighted by atomic mass is 35.5. The van der Waals surface area contributed by atoms with E-state index in [1.807, 2.05) is 0 Å². The Bertz CT molecular complexity index is 436. The number of likely N-dealkylation sites (N-methyl/N-ethyl adjacent to an activating group) is 1. The van der Waals surface area contributed by atoms with Crippen LogP contribution < -0.4 is 10.6 Å². The molecular formula is C12H18Cl2N4. The molecule has 2 rings (SSSR count). The van der Waals surface area contributed by atoms with E-state index in [0.717, 1.165) is 25.3 Å². The summed E-state index contributed by atoms with van der Waals surface area (Å²) in [7, 11) is 4.19. The maximum absolute atomic E-state index is 6.20. The molecule has 100 valence electrons. The Morgan fingerprint density at radius 3 is 2.78 bits per heavy atom. The summed E-state index contributed by atoms with van der Waals surface area (Å²) in [5, 5.41) is 0.971. The van der Waals surface area contributed by atoms with Gasteiger partial charge < -0.3 is 15.5 Å². The molecule has 1 fully saturated rings. The minimum Gasteiger partial charge on any atom is -0.382 e. The monoisotopic (exact) mass is 288 g/mol. The van der Waals surface area contributed by atoms with Crippen molar-refractivity contribution in [2.24, 2.45) is 0 Å². The van der Waals surface area contributed by atoms with E-state index in [-0.39, 0.29) is 0 Å². The fourth-order valence-corrected chi connectivity index (χ4v) is 2.74. The first-order valence-corrected chi connectivity index (χ1v) is 6.77. The van der Waals surface area contributed by atoms with Crippen molar-refractivity contribution in [2.75, 3.05) is 37.8 Å². The maximum Gasteiger partial charge on any atom is 0.149 e. The molecule has 2 heterocycles. The van der Waals surface area contributed by atoms with Crippen LogP contribution in [0.15, 0.2) is 6.07 Å². The van der Waals surface area contributed by atoms with Crippen LogP contribution >= 0.6 is 23.2 Å². The van der Waals surface area contributed by atoms with E-state index in [9.17, 15) is 0 Å². The van der Waals surface area contributed by atoms with Gasteiger partial charge in [0.05, 0.1) is 10.0 Å². The Morgan fingerprint density at radius 1 is 1.39 bits per heavy atom. The topological polar surface area (TPSA) is 45.4 Å². The van der Waals surface area contributed by atoms with Crippen LogP contribution in [0.25, 0.3) is 0 Å². The van der Waals surface area contributed by atoms with Crippen LogP contribution in [0.5, 0.6) is 0 Å². The third-order valence-corrected chi connectivity index (χ3v) is 3.95. The van der Waals surface area contributed by atoms with Crippen molar-refractivity contribution in [3.63, 3.8) is 0 Å². The zero-order valence-corrected chi connectivity index (χ0v) is 12.2. The van der Waals surface area contributed by atoms with Crippen molar-refractivity contribution >= 4 is 34.8 Å². The van der Waals surface area contributed by atoms with Gasteiger partial charge in [-0.3, -0.25) is 0 Å². The Balaban J connectivity index is 2.23. The zero-order chi connectivity index (χ0) is 13.3. The molecule has 0 saturated carbocycles. The van der Waals surface area contributed by atoms with Crippen LogP contribution in [0.1, 0.15) is 12.8 Å². The van der Waals surface area contributed by atoms with E-state index in [2.05, 4.69) is 28.9 Å². The van der Waals surface area contributed by atoms with E-state index in [1.54, 1.807) is 6.07 Å². The van der Waals surface area contributed by atoms with Gasteiger partial charge in [0.15, 0.2) is 0 Å². The summed E-state index contributed by atoms with van der Waals surface area (Å²) < 4.78 is 0. The molecule has 1 aromatic rings. The average Bonchev–Trinajstić information content (AvgIpc) is 2.34. The van der Waals surface area contributed by atoms with E-state index in [0.29, 0.717) is 21.9 Å². The molecule has 0 bridgehead atoms. The van der Waals surface area contributed by atoms with Crippen LogP contribution in [-0.4, -0.2) is 43.1 Å². The summed E-state index contributed by atoms with van der Waals surface area (Å²) in [6.07, 6.45) is 2.33. The molecule has 1 aliphatic rings. The van der Waals surface area contributed by atoms with E-state index in [1.165, 1.54) is 6.42 Å². The largest absolute Gasteiger partial charge is 0.382 e. The first-order chi connectivity index (χ1) is 8.49. The Labute approximate surface area is 118 Å². The lowest BCUT2D eigenvalue weighted by molar-refractivity contribution is 0.257. The van der Waals surface area contributed by atoms with Gasteiger partial charge in [-0.15, -0.1) is 0 Å². The first-order valence-electron chi connectivity index (χ1n) is 6.02. The highest BCUT2D eigenvalue weighted by molar-refractivity contribution is 6.37. The van der Waals surface area contributed by atoms with E-state index in [4.69, 9.17) is 28.9 Å². The first kappa shape index (κ1) is 13.7. The molecule has 1 saturated heterocycles. The molecule has 4 nitrogen and oxygen atoms in total. The number of pyridine rings is 1. The van der Waals surface area contributed by atoms with Crippen molar-refractivity contribution in [3.8, 4) is 0 Å². The second-order valence-corrected chi connectivity index (χ2v) is 5.68. The van der Waals surface area contributed by atoms with Crippen LogP contribution in [0.3, 0.4) is 0 Å². The molecule has 0 aromatic carbocycles. The average molecular weight is 289 g/mol. The van der Waals surface area contributed by atoms with E-state index < -0.39 is 0 Å². The molecule has 6 heteroatoms. The number of anilines is 2. The number of hydrogen-bond donors (Lipinski definition) is 1. The molecule has 1 atom stereocenters. The predicted octanol–water partition coefficient (Wildman–Crippen LogP) is 2.50. The predicted molar refractivity (Wildman–Crippen MR) is 77.6 cm³/mol. The second-order valence-electron chi connectivity index (χ2n) is 4.87. The van der Waals surface area contributed by atoms with Crippen molar-refractivity contribution in [2.45, 2.75) is 18.9 Å². The lowest BCUT2D eigenvalue weighted by Crippen LogP contribution is -2.45. The molecule has 2 N–H and O–H groups in total. The molecule has 1 unspecified atom stereocenters. The van der Waals surface area contributed by atoms with Crippen LogP contribution in [0.2, 0.25) is 10.0 Å². The number of halogens is 2. The molecule has 0 radical (unpaired) electrons. The molecule has 0 aliphatic carbocycles. The fraction of sp³-hybridized carbons (Fsp3) is 0.583. The standard InChI is InChI=1S/C12H18Cl2N4/c1-17(2)8-4-3-5-18(7-8)12-10(14)6-9(13)11(15)16-12/h6,8H,3-5,7H2,1-2H3,(H2,15,16). The number of nitrogen functional groups attached to an aromatic ring is 1. The fourth-order valence-electron chi connectivity index (χ4n) is 2.26. The molecular weight excluding hydrogens is 271 g/mol. The van der Waals surface area contributed by atoms with Gasteiger partial charge in [-0.05, 0) is 33.0 Å². The van der Waals surface area contributed by atoms with Crippen LogP contribution in [0, 0.1) is 0 Å². The lowest BCUT2D eigenvalue weighted by Gasteiger charge is -2.37. The number of rotatable bonds is 2. The third kappa shape index (κ3) is 2.82. The van der Waals surface area contributed by atoms with Gasteiger partial charge in [0.25, 0.3) is 0 Å². The highest BCUT2D eigenvalue weighted by Crippen LogP contribution is 2.31. The molecule has 18 heavy (non-hydrogen) atoms. The normalized spacial score (nSPS) is 20.5. The number of nitrogens with zero attached hydrogens (tertiary/aromatic N) is 3. The van der Waals surface area contributed by atoms with Gasteiger partial charge in [0.2, 0.25) is 0 Å². The van der Waals surface area contributed by atoms with Gasteiger partial charge in [0, 0.05) is 19.1 Å². The van der Waals surface area contributed by atoms with Gasteiger partial charge in [-0.25, -0.2) is 4.98 Å². The Hall–Kier alpha value is -0.710. The second kappa shape index (κ2) is 5.51. The quantitative estimate of drug-likeness (QED) is 0.908. The van der Waals surface area contributed by atoms with Gasteiger partial charge in [-0.2, -0.15) is 0 Å². The zero-order valence-electron chi connectivity index (χ0n) is 10.7. The van der Waals surface area contributed by atoms with Crippen molar-refractivity contribution in [3.05, 3.63) is 16.1 Å². The molecule has 0 amide bonds. The SMILES string of the molecule is CN(C)C1CCCN(c2nc(N)c(Cl)cc2Cl)C1. The lowest BCUT2D eigenvalue weighted by atomic mass is 10.1. The summed E-state index contributed by atoms with van der Waals surface area (Å²) in [6.45, 7) is 1.87. The number of hydrogen-bond acceptors (Lipinski definition) is 4. The summed E-state index contributed by atoms with van der Waals surface area (Å²) >= 11 is 12.1. The Kier molecular flexibility index (Phi) is 4.20. The number of aromatic nitrogens is 1. The minimum absolute atomic E-state index is 0.336. The summed E-state index contributed by atoms with van der Waals surface area (Å²) in [5.41, 5.74) is 5.75. The van der Waals surface area contributed by atoms with Gasteiger partial charge in [0.1, 0.15) is 11.6 Å². The number of nitrogens with two attached hydrogens (primary N) is 1. The summed E-state index contributed by atoms with van der Waals surface area (Å²) in [4.78, 5) is 8.73. The Morgan fingerprint density at radius 2 is 2.11 bits per heavy atom. The molecule has 1 aliphatic heterocycles. The van der Waals surface area contributed by atoms with Crippen molar-refractivity contribution in [1.29, 1.82) is 0 Å². The summed E-state index contributed by atoms with van der Waals surface area (Å²) in [5.74, 6) is 1.08. The maximum atomic E-state index is 6.20. The van der Waals surface area contributed by atoms with E-state index >= 15 is 0 Å². The van der Waals surface area contributed by atoms with Crippen LogP contribution in [0.4, 0.5) is 11.6 Å². The highest BCUT2D eigenvalue weighted by Gasteiger charge is 2.24. The van der Waals surface area contributed by atoms with Crippen LogP contribution in [-0.2, 0) is 0 Å². The molecule has 0 spiro atoms. The smallest absolute Gasteiger partial charge is 0.149 e. The van der Waals surface area contributed by atoms with Gasteiger partial charge in [-0.1, -0.05) is 23.2 Å².